The molecule has 2 atom stereocenters. The molecule has 0 aromatic heterocycles. The average Bonchev–Trinajstić information content (AvgIpc) is 3.24. The molecule has 0 spiro atoms. The largest absolute Gasteiger partial charge is 0.432 e. The summed E-state index contributed by atoms with van der Waals surface area (Å²) in [5.41, 5.74) is 0.0691. The molecule has 4 aromatic rings. The second kappa shape index (κ2) is 13.6. The summed E-state index contributed by atoms with van der Waals surface area (Å²) in [4.78, 5) is 0. The van der Waals surface area contributed by atoms with Crippen molar-refractivity contribution in [3.8, 4) is 28.0 Å². The van der Waals surface area contributed by atoms with E-state index in [1.54, 1.807) is 6.07 Å². The van der Waals surface area contributed by atoms with E-state index in [4.69, 9.17) is 0 Å². The van der Waals surface area contributed by atoms with Gasteiger partial charge in [0.25, 0.3) is 0 Å². The number of hydrogen-bond acceptors (Lipinski definition) is 1. The van der Waals surface area contributed by atoms with Crippen LogP contribution in [0.4, 0.5) is 35.1 Å². The lowest BCUT2D eigenvalue weighted by Crippen LogP contribution is -2.25. The molecule has 1 aliphatic carbocycles. The summed E-state index contributed by atoms with van der Waals surface area (Å²) >= 11 is 0. The zero-order valence-electron chi connectivity index (χ0n) is 24.6. The molecule has 0 heterocycles. The van der Waals surface area contributed by atoms with Crippen LogP contribution < -0.4 is 4.74 Å². The SMILES string of the molecule is CCCCC1CCCC(c2ccc(-c3ccc(-c4cc(F)c(C(F)(F)Oc5cc(F)c(F)c(F)c5)c(F)c4)c(F)c3)cc2)CC1. The molecule has 2 unspecified atom stereocenters. The van der Waals surface area contributed by atoms with Gasteiger partial charge in [-0.05, 0) is 71.6 Å². The third-order valence-electron chi connectivity index (χ3n) is 8.59. The highest BCUT2D eigenvalue weighted by molar-refractivity contribution is 5.71. The minimum Gasteiger partial charge on any atom is -0.429 e. The van der Waals surface area contributed by atoms with E-state index in [2.05, 4.69) is 23.8 Å². The molecule has 1 fully saturated rings. The molecular formula is C36H32F8O. The summed E-state index contributed by atoms with van der Waals surface area (Å²) in [6, 6.07) is 13.2. The molecule has 1 saturated carbocycles. The van der Waals surface area contributed by atoms with Crippen LogP contribution in [0, 0.1) is 40.8 Å². The Labute approximate surface area is 256 Å². The topological polar surface area (TPSA) is 9.23 Å². The second-order valence-electron chi connectivity index (χ2n) is 11.7. The van der Waals surface area contributed by atoms with E-state index < -0.39 is 52.3 Å². The zero-order valence-corrected chi connectivity index (χ0v) is 24.6. The van der Waals surface area contributed by atoms with Crippen LogP contribution in [0.5, 0.6) is 5.75 Å². The van der Waals surface area contributed by atoms with E-state index >= 15 is 4.39 Å². The maximum Gasteiger partial charge on any atom is 0.432 e. The molecule has 0 radical (unpaired) electrons. The van der Waals surface area contributed by atoms with Gasteiger partial charge < -0.3 is 4.74 Å². The molecule has 0 amide bonds. The van der Waals surface area contributed by atoms with Crippen LogP contribution in [-0.2, 0) is 6.11 Å². The van der Waals surface area contributed by atoms with Gasteiger partial charge in [0.15, 0.2) is 17.5 Å². The Bertz CT molecular complexity index is 1600. The summed E-state index contributed by atoms with van der Waals surface area (Å²) in [6.45, 7) is 2.22. The van der Waals surface area contributed by atoms with Crippen LogP contribution >= 0.6 is 0 Å². The summed E-state index contributed by atoms with van der Waals surface area (Å²) in [5.74, 6) is -9.91. The minimum absolute atomic E-state index is 0.113. The number of rotatable bonds is 9. The highest BCUT2D eigenvalue weighted by Gasteiger charge is 2.41. The van der Waals surface area contributed by atoms with Crippen molar-refractivity contribution in [1.29, 1.82) is 0 Å². The van der Waals surface area contributed by atoms with Crippen molar-refractivity contribution < 1.29 is 39.9 Å². The van der Waals surface area contributed by atoms with E-state index in [0.29, 0.717) is 23.6 Å². The first-order valence-corrected chi connectivity index (χ1v) is 15.1. The van der Waals surface area contributed by atoms with Gasteiger partial charge in [0.1, 0.15) is 28.8 Å². The zero-order chi connectivity index (χ0) is 32.3. The smallest absolute Gasteiger partial charge is 0.429 e. The highest BCUT2D eigenvalue weighted by Crippen LogP contribution is 2.39. The third kappa shape index (κ3) is 7.34. The maximum atomic E-state index is 15.2. The molecule has 0 aliphatic heterocycles. The van der Waals surface area contributed by atoms with Gasteiger partial charge in [0.2, 0.25) is 0 Å². The predicted molar refractivity (Wildman–Crippen MR) is 157 cm³/mol. The van der Waals surface area contributed by atoms with Crippen molar-refractivity contribution >= 4 is 0 Å². The molecule has 0 N–H and O–H groups in total. The number of hydrogen-bond donors (Lipinski definition) is 0. The molecule has 1 nitrogen and oxygen atoms in total. The summed E-state index contributed by atoms with van der Waals surface area (Å²) < 4.78 is 118. The fraction of sp³-hybridized carbons (Fsp3) is 0.333. The van der Waals surface area contributed by atoms with Gasteiger partial charge in [-0.1, -0.05) is 75.4 Å². The molecule has 0 saturated heterocycles. The maximum absolute atomic E-state index is 15.2. The average molecular weight is 633 g/mol. The standard InChI is InChI=1S/C36H32F8O/c1-2-3-5-21-6-4-7-22(9-8-21)23-10-12-24(13-11-23)25-14-15-28(29(37)16-25)26-17-30(38)34(31(39)18-26)36(43,44)45-27-19-32(40)35(42)33(41)20-27/h10-22H,2-9H2,1H3. The number of ether oxygens (including phenoxy) is 1. The van der Waals surface area contributed by atoms with Gasteiger partial charge >= 0.3 is 6.11 Å². The lowest BCUT2D eigenvalue weighted by Gasteiger charge is -2.20. The minimum atomic E-state index is -4.74. The van der Waals surface area contributed by atoms with E-state index in [9.17, 15) is 30.7 Å². The van der Waals surface area contributed by atoms with Crippen molar-refractivity contribution in [1.82, 2.24) is 0 Å². The van der Waals surface area contributed by atoms with Crippen molar-refractivity contribution in [2.75, 3.05) is 0 Å². The molecular weight excluding hydrogens is 600 g/mol. The van der Waals surface area contributed by atoms with Crippen LogP contribution in [0.3, 0.4) is 0 Å². The lowest BCUT2D eigenvalue weighted by molar-refractivity contribution is -0.189. The lowest BCUT2D eigenvalue weighted by atomic mass is 9.89. The van der Waals surface area contributed by atoms with Crippen LogP contribution in [0.15, 0.2) is 66.7 Å². The molecule has 5 rings (SSSR count). The van der Waals surface area contributed by atoms with Crippen molar-refractivity contribution in [2.45, 2.75) is 70.3 Å². The fourth-order valence-corrected chi connectivity index (χ4v) is 6.17. The molecule has 0 bridgehead atoms. The molecule has 45 heavy (non-hydrogen) atoms. The molecule has 4 aromatic carbocycles. The van der Waals surface area contributed by atoms with E-state index in [-0.39, 0.29) is 23.3 Å². The third-order valence-corrected chi connectivity index (χ3v) is 8.59. The molecule has 238 valence electrons. The molecule has 9 heteroatoms. The number of benzene rings is 4. The monoisotopic (exact) mass is 632 g/mol. The second-order valence-corrected chi connectivity index (χ2v) is 11.7. The van der Waals surface area contributed by atoms with Crippen LogP contribution in [0.1, 0.15) is 75.3 Å². The summed E-state index contributed by atoms with van der Waals surface area (Å²) in [7, 11) is 0. The van der Waals surface area contributed by atoms with Crippen molar-refractivity contribution in [2.24, 2.45) is 5.92 Å². The number of halogens is 8. The highest BCUT2D eigenvalue weighted by atomic mass is 19.3. The predicted octanol–water partition coefficient (Wildman–Crippen LogP) is 11.8. The van der Waals surface area contributed by atoms with Gasteiger partial charge in [0.05, 0.1) is 0 Å². The first-order chi connectivity index (χ1) is 21.5. The normalized spacial score (nSPS) is 17.3. The number of unbranched alkanes of at least 4 members (excludes halogenated alkanes) is 1. The number of alkyl halides is 2. The first-order valence-electron chi connectivity index (χ1n) is 15.1. The van der Waals surface area contributed by atoms with E-state index in [1.165, 1.54) is 56.2 Å². The van der Waals surface area contributed by atoms with Gasteiger partial charge in [-0.25, -0.2) is 26.3 Å². The Morgan fingerprint density at radius 2 is 1.29 bits per heavy atom. The first kappa shape index (κ1) is 32.5. The quantitative estimate of drug-likeness (QED) is 0.101. The fourth-order valence-electron chi connectivity index (χ4n) is 6.17. The van der Waals surface area contributed by atoms with Gasteiger partial charge in [-0.15, -0.1) is 0 Å². The van der Waals surface area contributed by atoms with Crippen LogP contribution in [-0.4, -0.2) is 0 Å². The van der Waals surface area contributed by atoms with Crippen molar-refractivity contribution in [3.63, 3.8) is 0 Å². The van der Waals surface area contributed by atoms with Crippen LogP contribution in [0.25, 0.3) is 22.3 Å². The van der Waals surface area contributed by atoms with Gasteiger partial charge in [0, 0.05) is 17.7 Å². The Morgan fingerprint density at radius 1 is 0.667 bits per heavy atom. The van der Waals surface area contributed by atoms with E-state index in [0.717, 1.165) is 24.3 Å². The molecule has 1 aliphatic rings. The van der Waals surface area contributed by atoms with E-state index in [1.807, 2.05) is 12.1 Å². The van der Waals surface area contributed by atoms with Gasteiger partial charge in [-0.2, -0.15) is 8.78 Å². The van der Waals surface area contributed by atoms with Crippen molar-refractivity contribution in [3.05, 3.63) is 113 Å². The Kier molecular flexibility index (Phi) is 9.85. The Hall–Kier alpha value is -3.88. The summed E-state index contributed by atoms with van der Waals surface area (Å²) in [5, 5.41) is 0. The Balaban J connectivity index is 1.32. The van der Waals surface area contributed by atoms with Crippen LogP contribution in [0.2, 0.25) is 0 Å². The Morgan fingerprint density at radius 3 is 1.91 bits per heavy atom. The summed E-state index contributed by atoms with van der Waals surface area (Å²) in [6.07, 6.45) is 5.00. The van der Waals surface area contributed by atoms with Gasteiger partial charge in [-0.3, -0.25) is 0 Å².